The molecule has 3 rings (SSSR count). The highest BCUT2D eigenvalue weighted by Gasteiger charge is 2.25. The molecular formula is C26H35NO5S. The first kappa shape index (κ1) is 25.4. The van der Waals surface area contributed by atoms with Crippen molar-refractivity contribution >= 4 is 23.2 Å². The zero-order valence-corrected chi connectivity index (χ0v) is 20.4. The van der Waals surface area contributed by atoms with E-state index in [-0.39, 0.29) is 36.7 Å². The number of ether oxygens (including phenoxy) is 2. The van der Waals surface area contributed by atoms with Crippen molar-refractivity contribution in [2.45, 2.75) is 77.0 Å². The molecule has 1 amide bonds. The van der Waals surface area contributed by atoms with Gasteiger partial charge in [-0.2, -0.15) is 0 Å². The van der Waals surface area contributed by atoms with Gasteiger partial charge in [0.15, 0.2) is 0 Å². The zero-order valence-electron chi connectivity index (χ0n) is 19.5. The monoisotopic (exact) mass is 473 g/mol. The minimum absolute atomic E-state index is 0.0172. The third-order valence-electron chi connectivity index (χ3n) is 5.63. The van der Waals surface area contributed by atoms with Gasteiger partial charge in [-0.05, 0) is 62.8 Å². The highest BCUT2D eigenvalue weighted by molar-refractivity contribution is 7.14. The lowest BCUT2D eigenvalue weighted by atomic mass is 10.0. The van der Waals surface area contributed by atoms with Crippen molar-refractivity contribution < 1.29 is 24.2 Å². The van der Waals surface area contributed by atoms with E-state index < -0.39 is 0 Å². The average molecular weight is 474 g/mol. The molecule has 7 heteroatoms. The summed E-state index contributed by atoms with van der Waals surface area (Å²) in [5.74, 6) is -0.252. The Kier molecular flexibility index (Phi) is 9.91. The second kappa shape index (κ2) is 12.9. The van der Waals surface area contributed by atoms with Gasteiger partial charge in [-0.15, -0.1) is 11.3 Å². The molecule has 1 aliphatic rings. The summed E-state index contributed by atoms with van der Waals surface area (Å²) < 4.78 is 11.6. The molecule has 2 heterocycles. The summed E-state index contributed by atoms with van der Waals surface area (Å²) in [6.07, 6.45) is 5.99. The number of aryl methyl sites for hydroxylation is 1. The van der Waals surface area contributed by atoms with Gasteiger partial charge in [0.2, 0.25) is 5.91 Å². The van der Waals surface area contributed by atoms with Crippen LogP contribution in [0.2, 0.25) is 0 Å². The number of unbranched alkanes of at least 4 members (excludes halogenated alkanes) is 3. The summed E-state index contributed by atoms with van der Waals surface area (Å²) in [6.45, 7) is 4.36. The maximum Gasteiger partial charge on any atom is 0.348 e. The molecule has 1 fully saturated rings. The molecule has 0 aliphatic carbocycles. The Morgan fingerprint density at radius 2 is 1.88 bits per heavy atom. The molecule has 180 valence electrons. The average Bonchev–Trinajstić information content (AvgIpc) is 3.44. The molecule has 0 spiro atoms. The van der Waals surface area contributed by atoms with Crippen molar-refractivity contribution in [2.24, 2.45) is 0 Å². The highest BCUT2D eigenvalue weighted by Crippen LogP contribution is 2.33. The topological polar surface area (TPSA) is 84.9 Å². The van der Waals surface area contributed by atoms with Crippen LogP contribution in [0.4, 0.5) is 0 Å². The van der Waals surface area contributed by atoms with Crippen LogP contribution >= 0.6 is 11.3 Å². The summed E-state index contributed by atoms with van der Waals surface area (Å²) in [4.78, 5) is 25.4. The summed E-state index contributed by atoms with van der Waals surface area (Å²) in [5, 5.41) is 11.9. The van der Waals surface area contributed by atoms with Crippen LogP contribution in [0.5, 0.6) is 0 Å². The van der Waals surface area contributed by atoms with Gasteiger partial charge in [0.05, 0.1) is 18.8 Å². The molecule has 0 radical (unpaired) electrons. The molecule has 2 N–H and O–H groups in total. The number of rotatable bonds is 13. The number of aliphatic hydroxyl groups is 1. The molecule has 2 aromatic rings. The van der Waals surface area contributed by atoms with Crippen molar-refractivity contribution in [3.63, 3.8) is 0 Å². The number of hydrogen-bond acceptors (Lipinski definition) is 6. The lowest BCUT2D eigenvalue weighted by molar-refractivity contribution is -0.119. The fraction of sp³-hybridized carbons (Fsp3) is 0.538. The molecule has 1 aromatic heterocycles. The van der Waals surface area contributed by atoms with Crippen LogP contribution in [0.25, 0.3) is 0 Å². The van der Waals surface area contributed by atoms with E-state index in [0.29, 0.717) is 17.9 Å². The number of carbonyl (C=O) groups is 2. The fourth-order valence-corrected chi connectivity index (χ4v) is 4.86. The van der Waals surface area contributed by atoms with E-state index in [1.54, 1.807) is 6.07 Å². The molecule has 1 unspecified atom stereocenters. The largest absolute Gasteiger partial charge is 0.459 e. The van der Waals surface area contributed by atoms with Gasteiger partial charge in [-0.1, -0.05) is 37.1 Å². The Bertz CT molecular complexity index is 892. The minimum Gasteiger partial charge on any atom is -0.459 e. The summed E-state index contributed by atoms with van der Waals surface area (Å²) in [5.41, 5.74) is 2.30. The number of carbonyl (C=O) groups excluding carboxylic acids is 2. The van der Waals surface area contributed by atoms with E-state index in [1.807, 2.05) is 19.9 Å². The van der Waals surface area contributed by atoms with Crippen LogP contribution in [-0.2, 0) is 20.7 Å². The molecule has 1 aromatic carbocycles. The van der Waals surface area contributed by atoms with E-state index in [9.17, 15) is 9.59 Å². The normalized spacial score (nSPS) is 16.7. The van der Waals surface area contributed by atoms with Crippen molar-refractivity contribution in [1.82, 2.24) is 5.32 Å². The van der Waals surface area contributed by atoms with Crippen LogP contribution in [0.1, 0.15) is 84.2 Å². The Hall–Kier alpha value is -2.22. The predicted molar refractivity (Wildman–Crippen MR) is 130 cm³/mol. The first-order valence-electron chi connectivity index (χ1n) is 11.9. The number of thiophene rings is 1. The molecule has 1 saturated heterocycles. The van der Waals surface area contributed by atoms with Crippen molar-refractivity contribution in [1.29, 1.82) is 0 Å². The number of aliphatic hydroxyl groups excluding tert-OH is 1. The van der Waals surface area contributed by atoms with Gasteiger partial charge in [0, 0.05) is 17.9 Å². The van der Waals surface area contributed by atoms with Gasteiger partial charge in [0.1, 0.15) is 11.0 Å². The molecule has 33 heavy (non-hydrogen) atoms. The van der Waals surface area contributed by atoms with Crippen LogP contribution in [0, 0.1) is 0 Å². The van der Waals surface area contributed by atoms with Crippen molar-refractivity contribution in [3.05, 3.63) is 57.3 Å². The zero-order chi connectivity index (χ0) is 23.6. The van der Waals surface area contributed by atoms with Crippen molar-refractivity contribution in [3.8, 4) is 0 Å². The quantitative estimate of drug-likeness (QED) is 0.323. The van der Waals surface area contributed by atoms with Gasteiger partial charge in [-0.25, -0.2) is 4.79 Å². The van der Waals surface area contributed by atoms with Crippen LogP contribution in [0.3, 0.4) is 0 Å². The van der Waals surface area contributed by atoms with E-state index in [2.05, 4.69) is 29.6 Å². The maximum atomic E-state index is 12.3. The number of benzene rings is 1. The van der Waals surface area contributed by atoms with Crippen LogP contribution in [-0.4, -0.2) is 42.3 Å². The molecular weight excluding hydrogens is 438 g/mol. The molecule has 1 aliphatic heterocycles. The molecule has 2 atom stereocenters. The molecule has 0 saturated carbocycles. The Balaban J connectivity index is 1.69. The number of amides is 1. The van der Waals surface area contributed by atoms with Gasteiger partial charge >= 0.3 is 5.97 Å². The summed E-state index contributed by atoms with van der Waals surface area (Å²) >= 11 is 1.39. The van der Waals surface area contributed by atoms with E-state index in [4.69, 9.17) is 14.6 Å². The van der Waals surface area contributed by atoms with E-state index >= 15 is 0 Å². The lowest BCUT2D eigenvalue weighted by Crippen LogP contribution is -2.30. The van der Waals surface area contributed by atoms with E-state index in [1.165, 1.54) is 16.9 Å². The summed E-state index contributed by atoms with van der Waals surface area (Å²) in [7, 11) is 0. The summed E-state index contributed by atoms with van der Waals surface area (Å²) in [6, 6.07) is 12.2. The first-order valence-corrected chi connectivity index (χ1v) is 12.7. The van der Waals surface area contributed by atoms with Crippen LogP contribution < -0.4 is 5.32 Å². The maximum absolute atomic E-state index is 12.3. The van der Waals surface area contributed by atoms with Gasteiger partial charge in [0.25, 0.3) is 0 Å². The highest BCUT2D eigenvalue weighted by atomic mass is 32.1. The third kappa shape index (κ3) is 7.95. The van der Waals surface area contributed by atoms with E-state index in [0.717, 1.165) is 49.0 Å². The molecule has 0 bridgehead atoms. The van der Waals surface area contributed by atoms with Gasteiger partial charge in [-0.3, -0.25) is 4.79 Å². The number of hydrogen-bond donors (Lipinski definition) is 2. The van der Waals surface area contributed by atoms with Gasteiger partial charge < -0.3 is 19.9 Å². The molecule has 6 nitrogen and oxygen atoms in total. The van der Waals surface area contributed by atoms with Crippen molar-refractivity contribution in [2.75, 3.05) is 13.2 Å². The third-order valence-corrected chi connectivity index (χ3v) is 6.74. The lowest BCUT2D eigenvalue weighted by Gasteiger charge is -2.20. The number of esters is 1. The Morgan fingerprint density at radius 3 is 2.55 bits per heavy atom. The minimum atomic E-state index is -0.320. The van der Waals surface area contributed by atoms with Crippen LogP contribution in [0.15, 0.2) is 36.4 Å². The Morgan fingerprint density at radius 1 is 1.12 bits per heavy atom. The Labute approximate surface area is 200 Å². The standard InChI is InChI=1S/C26H35NO5S/c1-18(2)32-26(30)23-14-13-22(33-23)25(31-17-21-12-15-24(29)27-21)20-10-8-19(9-11-20)7-5-3-4-6-16-28/h8-11,13-14,18,21,25,28H,3-7,12,15-17H2,1-2H3,(H,27,29)/t21-,25?/m1/s1. The smallest absolute Gasteiger partial charge is 0.348 e. The predicted octanol–water partition coefficient (Wildman–Crippen LogP) is 4.79. The second-order valence-electron chi connectivity index (χ2n) is 8.80. The SMILES string of the molecule is CC(C)OC(=O)c1ccc(C(OC[C@H]2CCC(=O)N2)c2ccc(CCCCCCO)cc2)s1. The fourth-order valence-electron chi connectivity index (χ4n) is 3.89. The number of nitrogens with one attached hydrogen (secondary N) is 1. The second-order valence-corrected chi connectivity index (χ2v) is 9.92. The first-order chi connectivity index (χ1) is 16.0.